The van der Waals surface area contributed by atoms with Crippen LogP contribution in [0.2, 0.25) is 0 Å². The van der Waals surface area contributed by atoms with Crippen molar-refractivity contribution in [2.24, 2.45) is 0 Å². The Kier molecular flexibility index (Phi) is 4.29. The van der Waals surface area contributed by atoms with Gasteiger partial charge in [0.05, 0.1) is 6.42 Å². The van der Waals surface area contributed by atoms with Gasteiger partial charge in [-0.3, -0.25) is 9.59 Å². The van der Waals surface area contributed by atoms with Crippen molar-refractivity contribution in [3.8, 4) is 0 Å². The number of pyridine rings is 1. The quantitative estimate of drug-likeness (QED) is 0.764. The van der Waals surface area contributed by atoms with Crippen molar-refractivity contribution in [3.63, 3.8) is 0 Å². The molecule has 0 N–H and O–H groups in total. The number of hydrogen-bond acceptors (Lipinski definition) is 6. The highest BCUT2D eigenvalue weighted by Crippen LogP contribution is 2.14. The van der Waals surface area contributed by atoms with Crippen LogP contribution in [-0.4, -0.2) is 20.7 Å². The van der Waals surface area contributed by atoms with Gasteiger partial charge in [-0.15, -0.1) is 0 Å². The third-order valence-corrected chi connectivity index (χ3v) is 2.66. The summed E-state index contributed by atoms with van der Waals surface area (Å²) in [6.07, 6.45) is 1.12. The molecule has 7 heteroatoms. The Hall–Kier alpha value is -2.44. The van der Waals surface area contributed by atoms with E-state index in [2.05, 4.69) is 10.1 Å². The highest BCUT2D eigenvalue weighted by molar-refractivity contribution is 5.69. The van der Waals surface area contributed by atoms with Gasteiger partial charge in [-0.1, -0.05) is 11.2 Å². The Morgan fingerprint density at radius 3 is 2.95 bits per heavy atom. The van der Waals surface area contributed by atoms with Crippen LogP contribution in [0.5, 0.6) is 0 Å². The van der Waals surface area contributed by atoms with E-state index in [1.165, 1.54) is 10.6 Å². The summed E-state index contributed by atoms with van der Waals surface area (Å²) in [6, 6.07) is 4.82. The number of ether oxygens (including phenoxy) is 1. The SMILES string of the molecule is Cc1noc([C@@H](C)OC(=O)CCn2ccccc2=O)n1. The molecule has 106 valence electrons. The second kappa shape index (κ2) is 6.14. The minimum atomic E-state index is -0.601. The fourth-order valence-corrected chi connectivity index (χ4v) is 1.64. The van der Waals surface area contributed by atoms with Gasteiger partial charge in [-0.05, 0) is 19.9 Å². The number of rotatable bonds is 5. The van der Waals surface area contributed by atoms with Crippen molar-refractivity contribution in [1.82, 2.24) is 14.7 Å². The lowest BCUT2D eigenvalue weighted by Crippen LogP contribution is -2.20. The third kappa shape index (κ3) is 3.53. The van der Waals surface area contributed by atoms with E-state index >= 15 is 0 Å². The van der Waals surface area contributed by atoms with Crippen LogP contribution < -0.4 is 5.56 Å². The summed E-state index contributed by atoms with van der Waals surface area (Å²) < 4.78 is 11.5. The molecule has 0 fully saturated rings. The van der Waals surface area contributed by atoms with E-state index in [0.717, 1.165) is 0 Å². The zero-order chi connectivity index (χ0) is 14.5. The van der Waals surface area contributed by atoms with E-state index in [-0.39, 0.29) is 24.4 Å². The van der Waals surface area contributed by atoms with Crippen LogP contribution in [-0.2, 0) is 16.1 Å². The summed E-state index contributed by atoms with van der Waals surface area (Å²) >= 11 is 0. The summed E-state index contributed by atoms with van der Waals surface area (Å²) in [5, 5.41) is 3.63. The minimum Gasteiger partial charge on any atom is -0.452 e. The summed E-state index contributed by atoms with van der Waals surface area (Å²) in [6.45, 7) is 3.61. The monoisotopic (exact) mass is 277 g/mol. The summed E-state index contributed by atoms with van der Waals surface area (Å²) in [4.78, 5) is 27.1. The van der Waals surface area contributed by atoms with Crippen LogP contribution in [0.3, 0.4) is 0 Å². The second-order valence-electron chi connectivity index (χ2n) is 4.29. The lowest BCUT2D eigenvalue weighted by molar-refractivity contribution is -0.150. The van der Waals surface area contributed by atoms with Crippen molar-refractivity contribution >= 4 is 5.97 Å². The van der Waals surface area contributed by atoms with Gasteiger partial charge in [0.25, 0.3) is 11.4 Å². The van der Waals surface area contributed by atoms with E-state index in [4.69, 9.17) is 9.26 Å². The van der Waals surface area contributed by atoms with Gasteiger partial charge < -0.3 is 13.8 Å². The molecule has 0 saturated heterocycles. The van der Waals surface area contributed by atoms with Crippen LogP contribution in [0.4, 0.5) is 0 Å². The largest absolute Gasteiger partial charge is 0.452 e. The van der Waals surface area contributed by atoms with Crippen molar-refractivity contribution in [1.29, 1.82) is 0 Å². The van der Waals surface area contributed by atoms with Crippen molar-refractivity contribution in [3.05, 3.63) is 46.5 Å². The number of aromatic nitrogens is 3. The molecule has 7 nitrogen and oxygen atoms in total. The summed E-state index contributed by atoms with van der Waals surface area (Å²) in [5.41, 5.74) is -0.152. The molecule has 2 rings (SSSR count). The first-order valence-corrected chi connectivity index (χ1v) is 6.21. The number of carbonyl (C=O) groups is 1. The average molecular weight is 277 g/mol. The predicted octanol–water partition coefficient (Wildman–Crippen LogP) is 1.23. The molecular formula is C13H15N3O4. The molecule has 0 spiro atoms. The zero-order valence-electron chi connectivity index (χ0n) is 11.3. The summed E-state index contributed by atoms with van der Waals surface area (Å²) in [5.74, 6) is 0.315. The molecular weight excluding hydrogens is 262 g/mol. The molecule has 0 radical (unpaired) electrons. The third-order valence-electron chi connectivity index (χ3n) is 2.66. The molecule has 0 saturated carbocycles. The van der Waals surface area contributed by atoms with Gasteiger partial charge >= 0.3 is 5.97 Å². The molecule has 2 aromatic heterocycles. The van der Waals surface area contributed by atoms with Crippen molar-refractivity contribution in [2.45, 2.75) is 32.9 Å². The molecule has 0 aromatic carbocycles. The van der Waals surface area contributed by atoms with E-state index in [9.17, 15) is 9.59 Å². The Morgan fingerprint density at radius 1 is 1.50 bits per heavy atom. The number of carbonyl (C=O) groups excluding carboxylic acids is 1. The average Bonchev–Trinajstić information content (AvgIpc) is 2.84. The first kappa shape index (κ1) is 14.0. The first-order valence-electron chi connectivity index (χ1n) is 6.21. The van der Waals surface area contributed by atoms with E-state index in [1.807, 2.05) is 0 Å². The standard InChI is InChI=1S/C13H15N3O4/c1-9(13-14-10(2)15-20-13)19-12(18)6-8-16-7-4-3-5-11(16)17/h3-5,7,9H,6,8H2,1-2H3/t9-/m1/s1. The molecule has 0 amide bonds. The van der Waals surface area contributed by atoms with Gasteiger partial charge in [0.2, 0.25) is 0 Å². The molecule has 0 aliphatic rings. The summed E-state index contributed by atoms with van der Waals surface area (Å²) in [7, 11) is 0. The van der Waals surface area contributed by atoms with Gasteiger partial charge in [0.1, 0.15) is 0 Å². The fourth-order valence-electron chi connectivity index (χ4n) is 1.64. The molecule has 2 heterocycles. The maximum Gasteiger partial charge on any atom is 0.308 e. The van der Waals surface area contributed by atoms with Gasteiger partial charge in [-0.25, -0.2) is 0 Å². The van der Waals surface area contributed by atoms with Crippen LogP contribution >= 0.6 is 0 Å². The zero-order valence-corrected chi connectivity index (χ0v) is 11.3. The Labute approximate surface area is 115 Å². The second-order valence-corrected chi connectivity index (χ2v) is 4.29. The van der Waals surface area contributed by atoms with Crippen LogP contribution in [0.1, 0.15) is 31.2 Å². The van der Waals surface area contributed by atoms with Crippen LogP contribution in [0, 0.1) is 6.92 Å². The molecule has 0 unspecified atom stereocenters. The van der Waals surface area contributed by atoms with Crippen LogP contribution in [0.15, 0.2) is 33.7 Å². The maximum absolute atomic E-state index is 11.7. The maximum atomic E-state index is 11.7. The lowest BCUT2D eigenvalue weighted by atomic mass is 10.3. The molecule has 20 heavy (non-hydrogen) atoms. The molecule has 0 aliphatic carbocycles. The Morgan fingerprint density at radius 2 is 2.30 bits per heavy atom. The highest BCUT2D eigenvalue weighted by Gasteiger charge is 2.17. The Bertz CT molecular complexity index is 647. The molecule has 0 aliphatic heterocycles. The van der Waals surface area contributed by atoms with Gasteiger partial charge in [0.15, 0.2) is 11.9 Å². The van der Waals surface area contributed by atoms with Gasteiger partial charge in [0, 0.05) is 18.8 Å². The molecule has 2 aromatic rings. The number of hydrogen-bond donors (Lipinski definition) is 0. The number of aryl methyl sites for hydroxylation is 2. The first-order chi connectivity index (χ1) is 9.56. The number of esters is 1. The Balaban J connectivity index is 1.87. The number of nitrogens with zero attached hydrogens (tertiary/aromatic N) is 3. The normalized spacial score (nSPS) is 12.1. The topological polar surface area (TPSA) is 87.2 Å². The van der Waals surface area contributed by atoms with Crippen LogP contribution in [0.25, 0.3) is 0 Å². The van der Waals surface area contributed by atoms with E-state index in [1.54, 1.807) is 32.2 Å². The minimum absolute atomic E-state index is 0.0986. The predicted molar refractivity (Wildman–Crippen MR) is 68.9 cm³/mol. The lowest BCUT2D eigenvalue weighted by Gasteiger charge is -2.09. The highest BCUT2D eigenvalue weighted by atomic mass is 16.6. The molecule has 1 atom stereocenters. The van der Waals surface area contributed by atoms with Crippen molar-refractivity contribution in [2.75, 3.05) is 0 Å². The van der Waals surface area contributed by atoms with E-state index < -0.39 is 12.1 Å². The fraction of sp³-hybridized carbons (Fsp3) is 0.385. The smallest absolute Gasteiger partial charge is 0.308 e. The van der Waals surface area contributed by atoms with Crippen molar-refractivity contribution < 1.29 is 14.1 Å². The van der Waals surface area contributed by atoms with Gasteiger partial charge in [-0.2, -0.15) is 4.98 Å². The van der Waals surface area contributed by atoms with E-state index in [0.29, 0.717) is 5.82 Å². The molecule has 0 bridgehead atoms.